The molecule has 6 nitrogen and oxygen atoms in total. The second kappa shape index (κ2) is 6.62. The summed E-state index contributed by atoms with van der Waals surface area (Å²) in [4.78, 5) is 29.3. The number of rotatable bonds is 5. The first-order valence-corrected chi connectivity index (χ1v) is 8.62. The van der Waals surface area contributed by atoms with E-state index in [0.717, 1.165) is 11.3 Å². The lowest BCUT2D eigenvalue weighted by atomic mass is 10.1. The van der Waals surface area contributed by atoms with Gasteiger partial charge in [0.2, 0.25) is 5.91 Å². The zero-order chi connectivity index (χ0) is 16.4. The molecule has 1 aliphatic rings. The largest absolute Gasteiger partial charge is 0.467 e. The Morgan fingerprint density at radius 2 is 2.39 bits per heavy atom. The van der Waals surface area contributed by atoms with Gasteiger partial charge in [0, 0.05) is 23.4 Å². The van der Waals surface area contributed by atoms with E-state index in [1.54, 1.807) is 16.9 Å². The van der Waals surface area contributed by atoms with Crippen LogP contribution >= 0.6 is 11.8 Å². The molecule has 3 heterocycles. The monoisotopic (exact) mass is 333 g/mol. The van der Waals surface area contributed by atoms with Gasteiger partial charge in [0.25, 0.3) is 5.56 Å². The molecule has 1 aliphatic heterocycles. The van der Waals surface area contributed by atoms with Crippen LogP contribution in [0, 0.1) is 6.92 Å². The molecule has 1 atom stereocenters. The Morgan fingerprint density at radius 3 is 3.09 bits per heavy atom. The number of thioether (sulfide) groups is 1. The zero-order valence-electron chi connectivity index (χ0n) is 13.2. The SMILES string of the molecule is CCc1c(C)nc2n(c1=O)C(CC(=O)NCc1ccco1)CS2. The van der Waals surface area contributed by atoms with Crippen LogP contribution in [-0.2, 0) is 17.8 Å². The third-order valence-corrected chi connectivity index (χ3v) is 5.07. The minimum atomic E-state index is -0.141. The van der Waals surface area contributed by atoms with Crippen LogP contribution in [0.25, 0.3) is 0 Å². The summed E-state index contributed by atoms with van der Waals surface area (Å²) >= 11 is 1.53. The van der Waals surface area contributed by atoms with Crippen molar-refractivity contribution in [3.8, 4) is 0 Å². The van der Waals surface area contributed by atoms with Gasteiger partial charge >= 0.3 is 0 Å². The fourth-order valence-corrected chi connectivity index (χ4v) is 3.94. The minimum absolute atomic E-state index is 0.0103. The number of nitrogens with zero attached hydrogens (tertiary/aromatic N) is 2. The highest BCUT2D eigenvalue weighted by molar-refractivity contribution is 7.99. The summed E-state index contributed by atoms with van der Waals surface area (Å²) in [6.45, 7) is 4.18. The Kier molecular flexibility index (Phi) is 4.56. The summed E-state index contributed by atoms with van der Waals surface area (Å²) in [6, 6.07) is 3.45. The summed E-state index contributed by atoms with van der Waals surface area (Å²) in [5.74, 6) is 1.32. The van der Waals surface area contributed by atoms with Crippen LogP contribution in [0.2, 0.25) is 0 Å². The lowest BCUT2D eigenvalue weighted by molar-refractivity contribution is -0.122. The average molecular weight is 333 g/mol. The Labute approximate surface area is 138 Å². The standard InChI is InChI=1S/C16H19N3O3S/c1-3-13-10(2)18-16-19(15(13)21)11(9-23-16)7-14(20)17-8-12-5-4-6-22-12/h4-6,11H,3,7-9H2,1-2H3,(H,17,20). The van der Waals surface area contributed by atoms with E-state index in [1.807, 2.05) is 19.9 Å². The first-order valence-electron chi connectivity index (χ1n) is 7.64. The molecule has 122 valence electrons. The van der Waals surface area contributed by atoms with E-state index < -0.39 is 0 Å². The van der Waals surface area contributed by atoms with Crippen molar-refractivity contribution >= 4 is 17.7 Å². The number of carbonyl (C=O) groups excluding carboxylic acids is 1. The third kappa shape index (κ3) is 3.19. The number of carbonyl (C=O) groups is 1. The fraction of sp³-hybridized carbons (Fsp3) is 0.438. The summed E-state index contributed by atoms with van der Waals surface area (Å²) in [5, 5.41) is 3.54. The number of hydrogen-bond acceptors (Lipinski definition) is 5. The highest BCUT2D eigenvalue weighted by atomic mass is 32.2. The maximum Gasteiger partial charge on any atom is 0.257 e. The topological polar surface area (TPSA) is 77.1 Å². The van der Waals surface area contributed by atoms with Gasteiger partial charge in [0.15, 0.2) is 5.16 Å². The number of aromatic nitrogens is 2. The summed E-state index contributed by atoms with van der Waals surface area (Å²) in [6.07, 6.45) is 2.50. The predicted octanol–water partition coefficient (Wildman–Crippen LogP) is 2.06. The number of aryl methyl sites for hydroxylation is 1. The number of hydrogen-bond donors (Lipinski definition) is 1. The van der Waals surface area contributed by atoms with Gasteiger partial charge in [-0.25, -0.2) is 4.98 Å². The van der Waals surface area contributed by atoms with Crippen molar-refractivity contribution in [2.45, 2.75) is 44.4 Å². The second-order valence-corrected chi connectivity index (χ2v) is 6.50. The summed E-state index contributed by atoms with van der Waals surface area (Å²) < 4.78 is 6.87. The Balaban J connectivity index is 1.72. The quantitative estimate of drug-likeness (QED) is 0.848. The molecule has 0 aliphatic carbocycles. The van der Waals surface area contributed by atoms with Crippen LogP contribution in [0.3, 0.4) is 0 Å². The zero-order valence-corrected chi connectivity index (χ0v) is 14.0. The third-order valence-electron chi connectivity index (χ3n) is 3.97. The van der Waals surface area contributed by atoms with Crippen LogP contribution in [0.5, 0.6) is 0 Å². The number of furan rings is 1. The molecule has 1 N–H and O–H groups in total. The molecule has 0 radical (unpaired) electrons. The average Bonchev–Trinajstić information content (AvgIpc) is 3.15. The molecule has 3 rings (SSSR count). The van der Waals surface area contributed by atoms with Crippen LogP contribution < -0.4 is 10.9 Å². The van der Waals surface area contributed by atoms with E-state index in [0.29, 0.717) is 29.6 Å². The molecule has 7 heteroatoms. The number of amides is 1. The van der Waals surface area contributed by atoms with Gasteiger partial charge in [-0.05, 0) is 25.5 Å². The molecule has 1 amide bonds. The highest BCUT2D eigenvalue weighted by Gasteiger charge is 2.28. The van der Waals surface area contributed by atoms with E-state index in [4.69, 9.17) is 4.42 Å². The predicted molar refractivity (Wildman–Crippen MR) is 87.5 cm³/mol. The smallest absolute Gasteiger partial charge is 0.257 e. The summed E-state index contributed by atoms with van der Waals surface area (Å²) in [7, 11) is 0. The number of nitrogens with one attached hydrogen (secondary N) is 1. The first-order chi connectivity index (χ1) is 11.1. The van der Waals surface area contributed by atoms with Gasteiger partial charge in [0.05, 0.1) is 18.8 Å². The van der Waals surface area contributed by atoms with Crippen LogP contribution in [0.15, 0.2) is 32.8 Å². The molecule has 1 unspecified atom stereocenters. The molecule has 0 saturated heterocycles. The van der Waals surface area contributed by atoms with Gasteiger partial charge < -0.3 is 9.73 Å². The Bertz CT molecular complexity index is 768. The maximum absolute atomic E-state index is 12.6. The Morgan fingerprint density at radius 1 is 1.57 bits per heavy atom. The second-order valence-electron chi connectivity index (χ2n) is 5.51. The van der Waals surface area contributed by atoms with Gasteiger partial charge in [-0.3, -0.25) is 14.2 Å². The first kappa shape index (κ1) is 15.9. The normalized spacial score (nSPS) is 16.3. The van der Waals surface area contributed by atoms with Crippen LogP contribution in [0.4, 0.5) is 0 Å². The molecular formula is C16H19N3O3S. The van der Waals surface area contributed by atoms with Crippen LogP contribution in [0.1, 0.15) is 36.4 Å². The molecule has 2 aromatic rings. The van der Waals surface area contributed by atoms with Crippen molar-refractivity contribution in [3.05, 3.63) is 45.8 Å². The van der Waals surface area contributed by atoms with E-state index in [-0.39, 0.29) is 23.9 Å². The highest BCUT2D eigenvalue weighted by Crippen LogP contribution is 2.32. The van der Waals surface area contributed by atoms with Crippen molar-refractivity contribution < 1.29 is 9.21 Å². The van der Waals surface area contributed by atoms with Gasteiger partial charge in [0.1, 0.15) is 5.76 Å². The molecule has 0 bridgehead atoms. The lowest BCUT2D eigenvalue weighted by Gasteiger charge is -2.14. The lowest BCUT2D eigenvalue weighted by Crippen LogP contribution is -2.32. The van der Waals surface area contributed by atoms with Gasteiger partial charge in [-0.1, -0.05) is 18.7 Å². The summed E-state index contributed by atoms with van der Waals surface area (Å²) in [5.41, 5.74) is 1.51. The molecule has 0 fully saturated rings. The molecule has 0 aromatic carbocycles. The van der Waals surface area contributed by atoms with E-state index in [9.17, 15) is 9.59 Å². The van der Waals surface area contributed by atoms with Crippen molar-refractivity contribution in [1.29, 1.82) is 0 Å². The van der Waals surface area contributed by atoms with Crippen molar-refractivity contribution in [2.24, 2.45) is 0 Å². The van der Waals surface area contributed by atoms with Crippen molar-refractivity contribution in [2.75, 3.05) is 5.75 Å². The van der Waals surface area contributed by atoms with Crippen molar-refractivity contribution in [3.63, 3.8) is 0 Å². The fourth-order valence-electron chi connectivity index (χ4n) is 2.76. The molecule has 23 heavy (non-hydrogen) atoms. The van der Waals surface area contributed by atoms with E-state index >= 15 is 0 Å². The van der Waals surface area contributed by atoms with E-state index in [1.165, 1.54) is 11.8 Å². The molecular weight excluding hydrogens is 314 g/mol. The number of fused-ring (bicyclic) bond motifs is 1. The minimum Gasteiger partial charge on any atom is -0.467 e. The molecule has 0 spiro atoms. The van der Waals surface area contributed by atoms with Gasteiger partial charge in [-0.2, -0.15) is 0 Å². The molecule has 0 saturated carbocycles. The Hall–Kier alpha value is -2.02. The molecule has 2 aromatic heterocycles. The van der Waals surface area contributed by atoms with Gasteiger partial charge in [-0.15, -0.1) is 0 Å². The van der Waals surface area contributed by atoms with Crippen LogP contribution in [-0.4, -0.2) is 21.2 Å². The van der Waals surface area contributed by atoms with Crippen molar-refractivity contribution in [1.82, 2.24) is 14.9 Å². The van der Waals surface area contributed by atoms with E-state index in [2.05, 4.69) is 10.3 Å². The maximum atomic E-state index is 12.6.